The third-order valence-corrected chi connectivity index (χ3v) is 3.29. The number of methoxy groups -OCH3 is 1. The van der Waals surface area contributed by atoms with Crippen LogP contribution in [-0.2, 0) is 4.74 Å². The lowest BCUT2D eigenvalue weighted by Gasteiger charge is -2.31. The van der Waals surface area contributed by atoms with Gasteiger partial charge in [-0.3, -0.25) is 10.1 Å². The number of ether oxygens (including phenoxy) is 1. The number of nitro groups is 1. The molecule has 1 rings (SSSR count). The van der Waals surface area contributed by atoms with Gasteiger partial charge >= 0.3 is 0 Å². The number of aryl methyl sites for hydroxylation is 1. The Labute approximate surface area is 107 Å². The molecule has 0 aliphatic heterocycles. The third-order valence-electron chi connectivity index (χ3n) is 3.29. The van der Waals surface area contributed by atoms with E-state index in [2.05, 4.69) is 5.32 Å². The van der Waals surface area contributed by atoms with E-state index in [1.165, 1.54) is 6.07 Å². The van der Waals surface area contributed by atoms with Gasteiger partial charge in [0.15, 0.2) is 0 Å². The van der Waals surface area contributed by atoms with Crippen LogP contribution in [0.15, 0.2) is 18.2 Å². The number of nitro benzene ring substituents is 1. The number of benzene rings is 1. The Kier molecular flexibility index (Phi) is 4.29. The van der Waals surface area contributed by atoms with Crippen LogP contribution in [0, 0.1) is 17.0 Å². The molecule has 0 aromatic heterocycles. The van der Waals surface area contributed by atoms with Crippen LogP contribution >= 0.6 is 0 Å². The maximum Gasteiger partial charge on any atom is 0.292 e. The number of rotatable bonds is 5. The van der Waals surface area contributed by atoms with Crippen molar-refractivity contribution < 1.29 is 9.66 Å². The van der Waals surface area contributed by atoms with Crippen molar-refractivity contribution in [1.82, 2.24) is 0 Å². The van der Waals surface area contributed by atoms with Gasteiger partial charge in [-0.25, -0.2) is 0 Å². The van der Waals surface area contributed by atoms with Crippen LogP contribution in [0.1, 0.15) is 26.3 Å². The average Bonchev–Trinajstić information content (AvgIpc) is 2.28. The SMILES string of the molecule is COC(C)(C)C(C)Nc1cc(C)ccc1[N+](=O)[O-]. The molecule has 0 saturated carbocycles. The fourth-order valence-corrected chi connectivity index (χ4v) is 1.51. The first-order chi connectivity index (χ1) is 8.27. The lowest BCUT2D eigenvalue weighted by Crippen LogP contribution is -2.41. The van der Waals surface area contributed by atoms with Crippen molar-refractivity contribution in [1.29, 1.82) is 0 Å². The molecule has 0 aliphatic carbocycles. The van der Waals surface area contributed by atoms with Gasteiger partial charge in [0.2, 0.25) is 0 Å². The van der Waals surface area contributed by atoms with Crippen LogP contribution in [0.4, 0.5) is 11.4 Å². The molecule has 1 aromatic carbocycles. The molecule has 1 unspecified atom stereocenters. The minimum absolute atomic E-state index is 0.0528. The number of hydrogen-bond donors (Lipinski definition) is 1. The molecule has 5 heteroatoms. The van der Waals surface area contributed by atoms with E-state index in [1.807, 2.05) is 27.7 Å². The van der Waals surface area contributed by atoms with E-state index in [4.69, 9.17) is 4.74 Å². The fraction of sp³-hybridized carbons (Fsp3) is 0.538. The second kappa shape index (κ2) is 5.35. The van der Waals surface area contributed by atoms with Crippen LogP contribution in [0.25, 0.3) is 0 Å². The Balaban J connectivity index is 3.03. The number of nitrogens with one attached hydrogen (secondary N) is 1. The molecule has 0 aliphatic rings. The predicted octanol–water partition coefficient (Wildman–Crippen LogP) is 3.13. The molecule has 18 heavy (non-hydrogen) atoms. The summed E-state index contributed by atoms with van der Waals surface area (Å²) in [5.74, 6) is 0. The highest BCUT2D eigenvalue weighted by molar-refractivity contribution is 5.63. The van der Waals surface area contributed by atoms with Crippen molar-refractivity contribution in [2.24, 2.45) is 0 Å². The molecule has 0 saturated heterocycles. The monoisotopic (exact) mass is 252 g/mol. The molecule has 0 amide bonds. The predicted molar refractivity (Wildman–Crippen MR) is 72.0 cm³/mol. The third kappa shape index (κ3) is 3.20. The maximum absolute atomic E-state index is 11.0. The summed E-state index contributed by atoms with van der Waals surface area (Å²) in [6, 6.07) is 4.98. The van der Waals surface area contributed by atoms with Crippen LogP contribution in [0.3, 0.4) is 0 Å². The van der Waals surface area contributed by atoms with E-state index in [0.717, 1.165) is 5.56 Å². The maximum atomic E-state index is 11.0. The van der Waals surface area contributed by atoms with Gasteiger partial charge in [-0.05, 0) is 39.3 Å². The molecule has 0 heterocycles. The summed E-state index contributed by atoms with van der Waals surface area (Å²) in [6.07, 6.45) is 0. The second-order valence-electron chi connectivity index (χ2n) is 4.95. The Morgan fingerprint density at radius 3 is 2.56 bits per heavy atom. The highest BCUT2D eigenvalue weighted by atomic mass is 16.6. The zero-order valence-corrected chi connectivity index (χ0v) is 11.5. The molecule has 1 aromatic rings. The van der Waals surface area contributed by atoms with E-state index in [9.17, 15) is 10.1 Å². The summed E-state index contributed by atoms with van der Waals surface area (Å²) >= 11 is 0. The first-order valence-electron chi connectivity index (χ1n) is 5.84. The molecule has 100 valence electrons. The second-order valence-corrected chi connectivity index (χ2v) is 4.95. The summed E-state index contributed by atoms with van der Waals surface area (Å²) in [6.45, 7) is 7.72. The van der Waals surface area contributed by atoms with Crippen molar-refractivity contribution in [3.05, 3.63) is 33.9 Å². The molecule has 1 atom stereocenters. The minimum atomic E-state index is -0.405. The Morgan fingerprint density at radius 2 is 2.06 bits per heavy atom. The van der Waals surface area contributed by atoms with E-state index in [1.54, 1.807) is 19.2 Å². The number of nitrogens with zero attached hydrogens (tertiary/aromatic N) is 1. The van der Waals surface area contributed by atoms with Gasteiger partial charge in [0.25, 0.3) is 5.69 Å². The summed E-state index contributed by atoms with van der Waals surface area (Å²) in [7, 11) is 1.63. The molecule has 5 nitrogen and oxygen atoms in total. The van der Waals surface area contributed by atoms with Crippen LogP contribution in [0.2, 0.25) is 0 Å². The Hall–Kier alpha value is -1.62. The minimum Gasteiger partial charge on any atom is -0.377 e. The van der Waals surface area contributed by atoms with Crippen molar-refractivity contribution in [2.45, 2.75) is 39.3 Å². The van der Waals surface area contributed by atoms with E-state index in [-0.39, 0.29) is 16.7 Å². The first kappa shape index (κ1) is 14.4. The molecule has 1 N–H and O–H groups in total. The van der Waals surface area contributed by atoms with Gasteiger partial charge in [0.1, 0.15) is 5.69 Å². The van der Waals surface area contributed by atoms with Gasteiger partial charge < -0.3 is 10.1 Å². The van der Waals surface area contributed by atoms with Crippen molar-refractivity contribution in [2.75, 3.05) is 12.4 Å². The zero-order chi connectivity index (χ0) is 13.9. The summed E-state index contributed by atoms with van der Waals surface area (Å²) in [4.78, 5) is 10.6. The molecule has 0 spiro atoms. The van der Waals surface area contributed by atoms with E-state index < -0.39 is 5.60 Å². The Bertz CT molecular complexity index is 444. The van der Waals surface area contributed by atoms with Gasteiger partial charge in [0, 0.05) is 13.2 Å². The smallest absolute Gasteiger partial charge is 0.292 e. The molecular formula is C13H20N2O3. The topological polar surface area (TPSA) is 64.4 Å². The summed E-state index contributed by atoms with van der Waals surface area (Å²) in [5, 5.41) is 14.1. The highest BCUT2D eigenvalue weighted by Crippen LogP contribution is 2.28. The molecule has 0 bridgehead atoms. The van der Waals surface area contributed by atoms with Crippen LogP contribution in [-0.4, -0.2) is 23.7 Å². The van der Waals surface area contributed by atoms with Crippen LogP contribution in [0.5, 0.6) is 0 Å². The quantitative estimate of drug-likeness (QED) is 0.646. The van der Waals surface area contributed by atoms with Gasteiger partial charge in [0.05, 0.1) is 16.6 Å². The van der Waals surface area contributed by atoms with Gasteiger partial charge in [-0.1, -0.05) is 6.07 Å². The zero-order valence-electron chi connectivity index (χ0n) is 11.5. The molecular weight excluding hydrogens is 232 g/mol. The highest BCUT2D eigenvalue weighted by Gasteiger charge is 2.27. The van der Waals surface area contributed by atoms with Crippen molar-refractivity contribution in [3.8, 4) is 0 Å². The first-order valence-corrected chi connectivity index (χ1v) is 5.84. The van der Waals surface area contributed by atoms with Crippen LogP contribution < -0.4 is 5.32 Å². The molecule has 0 fully saturated rings. The lowest BCUT2D eigenvalue weighted by atomic mass is 10.00. The standard InChI is InChI=1S/C13H20N2O3/c1-9-6-7-12(15(16)17)11(8-9)14-10(2)13(3,4)18-5/h6-8,10,14H,1-5H3. The number of anilines is 1. The summed E-state index contributed by atoms with van der Waals surface area (Å²) < 4.78 is 5.37. The lowest BCUT2D eigenvalue weighted by molar-refractivity contribution is -0.384. The molecule has 0 radical (unpaired) electrons. The van der Waals surface area contributed by atoms with Gasteiger partial charge in [-0.2, -0.15) is 0 Å². The number of hydrogen-bond acceptors (Lipinski definition) is 4. The average molecular weight is 252 g/mol. The normalized spacial score (nSPS) is 13.2. The largest absolute Gasteiger partial charge is 0.377 e. The van der Waals surface area contributed by atoms with Crippen molar-refractivity contribution >= 4 is 11.4 Å². The fourth-order valence-electron chi connectivity index (χ4n) is 1.51. The van der Waals surface area contributed by atoms with Crippen molar-refractivity contribution in [3.63, 3.8) is 0 Å². The van der Waals surface area contributed by atoms with Gasteiger partial charge in [-0.15, -0.1) is 0 Å². The Morgan fingerprint density at radius 1 is 1.44 bits per heavy atom. The van der Waals surface area contributed by atoms with E-state index in [0.29, 0.717) is 5.69 Å². The summed E-state index contributed by atoms with van der Waals surface area (Å²) in [5.41, 5.74) is 1.18. The van der Waals surface area contributed by atoms with E-state index >= 15 is 0 Å².